The molecule has 3 fully saturated rings. The lowest BCUT2D eigenvalue weighted by molar-refractivity contribution is -0.133. The van der Waals surface area contributed by atoms with Crippen molar-refractivity contribution in [2.24, 2.45) is 11.8 Å². The molecule has 0 aliphatic carbocycles. The lowest BCUT2D eigenvalue weighted by Crippen LogP contribution is -2.58. The first kappa shape index (κ1) is 22.0. The van der Waals surface area contributed by atoms with Gasteiger partial charge in [-0.15, -0.1) is 5.10 Å². The van der Waals surface area contributed by atoms with Crippen LogP contribution in [0.25, 0.3) is 11.3 Å². The fraction of sp³-hybridized carbons (Fsp3) is 0.625. The Balaban J connectivity index is 1.36. The molecule has 3 aliphatic heterocycles. The van der Waals surface area contributed by atoms with Crippen molar-refractivity contribution in [3.63, 3.8) is 0 Å². The average Bonchev–Trinajstić information content (AvgIpc) is 3.22. The van der Waals surface area contributed by atoms with Crippen molar-refractivity contribution in [3.05, 3.63) is 36.0 Å². The van der Waals surface area contributed by atoms with E-state index in [0.29, 0.717) is 25.1 Å². The van der Waals surface area contributed by atoms with Gasteiger partial charge >= 0.3 is 0 Å². The van der Waals surface area contributed by atoms with Crippen LogP contribution in [0.15, 0.2) is 30.5 Å². The van der Waals surface area contributed by atoms with Gasteiger partial charge in [-0.25, -0.2) is 0 Å². The molecule has 1 aromatic heterocycles. The molecule has 1 amide bonds. The summed E-state index contributed by atoms with van der Waals surface area (Å²) in [5.41, 5.74) is 3.46. The minimum atomic E-state index is 0.0921. The van der Waals surface area contributed by atoms with Crippen molar-refractivity contribution in [1.29, 1.82) is 0 Å². The summed E-state index contributed by atoms with van der Waals surface area (Å²) >= 11 is 0. The Kier molecular flexibility index (Phi) is 6.44. The second-order valence-electron chi connectivity index (χ2n) is 9.98. The van der Waals surface area contributed by atoms with Gasteiger partial charge in [-0.2, -0.15) is 0 Å². The molecule has 3 aliphatic rings. The number of fused-ring (bicyclic) bond motifs is 3. The topological polar surface area (TPSA) is 72.3 Å². The fourth-order valence-electron chi connectivity index (χ4n) is 4.91. The van der Waals surface area contributed by atoms with Crippen LogP contribution in [0.3, 0.4) is 0 Å². The summed E-state index contributed by atoms with van der Waals surface area (Å²) in [4.78, 5) is 15.0. The van der Waals surface area contributed by atoms with E-state index in [9.17, 15) is 4.79 Å². The third-order valence-electron chi connectivity index (χ3n) is 6.80. The van der Waals surface area contributed by atoms with E-state index in [4.69, 9.17) is 4.74 Å². The summed E-state index contributed by atoms with van der Waals surface area (Å²) in [7, 11) is 1.65. The molecule has 7 nitrogen and oxygen atoms in total. The van der Waals surface area contributed by atoms with Gasteiger partial charge in [0.25, 0.3) is 0 Å². The number of nitrogens with one attached hydrogen (secondary N) is 1. The van der Waals surface area contributed by atoms with E-state index in [1.54, 1.807) is 7.11 Å². The lowest BCUT2D eigenvalue weighted by Gasteiger charge is -2.49. The summed E-state index contributed by atoms with van der Waals surface area (Å²) < 4.78 is 7.00. The molecular weight excluding hydrogens is 390 g/mol. The van der Waals surface area contributed by atoms with Gasteiger partial charge in [-0.05, 0) is 36.3 Å². The predicted molar refractivity (Wildman–Crippen MR) is 121 cm³/mol. The second-order valence-corrected chi connectivity index (χ2v) is 9.98. The maximum Gasteiger partial charge on any atom is 0.224 e. The molecule has 0 spiro atoms. The Morgan fingerprint density at radius 3 is 2.68 bits per heavy atom. The maximum atomic E-state index is 12.6. The summed E-state index contributed by atoms with van der Waals surface area (Å²) in [5.74, 6) is 0.715. The number of benzene rings is 1. The fourth-order valence-corrected chi connectivity index (χ4v) is 4.91. The molecule has 4 heterocycles. The minimum Gasteiger partial charge on any atom is -0.383 e. The maximum absolute atomic E-state index is 12.6. The van der Waals surface area contributed by atoms with Crippen molar-refractivity contribution in [2.75, 3.05) is 33.4 Å². The normalized spacial score (nSPS) is 25.5. The molecule has 5 rings (SSSR count). The SMILES string of the molecule is COCCNC(=O)[C@H]1CN2CC[C@@H]1C[C@@H]2Cn1cc(-c2ccc(C(C)(C)C)cc2)nn1. The van der Waals surface area contributed by atoms with E-state index in [0.717, 1.165) is 43.7 Å². The van der Waals surface area contributed by atoms with Crippen LogP contribution < -0.4 is 5.32 Å². The van der Waals surface area contributed by atoms with Crippen molar-refractivity contribution in [1.82, 2.24) is 25.2 Å². The zero-order valence-corrected chi connectivity index (χ0v) is 19.2. The predicted octanol–water partition coefficient (Wildman–Crippen LogP) is 2.72. The number of nitrogens with zero attached hydrogens (tertiary/aromatic N) is 4. The van der Waals surface area contributed by atoms with Crippen LogP contribution in [-0.4, -0.2) is 65.2 Å². The van der Waals surface area contributed by atoms with Crippen LogP contribution in [0.4, 0.5) is 0 Å². The van der Waals surface area contributed by atoms with Crippen molar-refractivity contribution < 1.29 is 9.53 Å². The van der Waals surface area contributed by atoms with Gasteiger partial charge < -0.3 is 10.1 Å². The molecule has 4 atom stereocenters. The van der Waals surface area contributed by atoms with Gasteiger partial charge in [-0.3, -0.25) is 14.4 Å². The lowest BCUT2D eigenvalue weighted by atomic mass is 9.75. The first-order chi connectivity index (χ1) is 14.8. The van der Waals surface area contributed by atoms with E-state index in [1.807, 2.05) is 10.9 Å². The van der Waals surface area contributed by atoms with Crippen LogP contribution in [0, 0.1) is 11.8 Å². The largest absolute Gasteiger partial charge is 0.383 e. The zero-order chi connectivity index (χ0) is 22.0. The highest BCUT2D eigenvalue weighted by molar-refractivity contribution is 5.79. The number of carbonyl (C=O) groups is 1. The van der Waals surface area contributed by atoms with E-state index < -0.39 is 0 Å². The third-order valence-corrected chi connectivity index (χ3v) is 6.80. The zero-order valence-electron chi connectivity index (χ0n) is 19.2. The standard InChI is InChI=1S/C24H35N5O2/c1-24(2,3)19-7-5-17(6-8-19)22-16-29(27-26-22)14-20-13-18-9-11-28(20)15-21(18)23(30)25-10-12-31-4/h5-8,16,18,20-21H,9-15H2,1-4H3,(H,25,30)/t18-,20-,21+/m1/s1. The number of ether oxygens (including phenoxy) is 1. The molecule has 31 heavy (non-hydrogen) atoms. The molecule has 1 N–H and O–H groups in total. The minimum absolute atomic E-state index is 0.0921. The molecule has 2 aromatic rings. The number of hydrogen-bond acceptors (Lipinski definition) is 5. The van der Waals surface area contributed by atoms with Crippen LogP contribution in [-0.2, 0) is 21.5 Å². The van der Waals surface area contributed by atoms with Crippen LogP contribution in [0.1, 0.15) is 39.2 Å². The highest BCUT2D eigenvalue weighted by atomic mass is 16.5. The quantitative estimate of drug-likeness (QED) is 0.691. The number of methoxy groups -OCH3 is 1. The summed E-state index contributed by atoms with van der Waals surface area (Å²) in [6.45, 7) is 10.5. The number of aromatic nitrogens is 3. The van der Waals surface area contributed by atoms with E-state index in [1.165, 1.54) is 5.56 Å². The van der Waals surface area contributed by atoms with Crippen LogP contribution >= 0.6 is 0 Å². The van der Waals surface area contributed by atoms with Gasteiger partial charge in [0.2, 0.25) is 5.91 Å². The number of hydrogen-bond donors (Lipinski definition) is 1. The second kappa shape index (κ2) is 9.09. The molecule has 0 radical (unpaired) electrons. The molecule has 1 unspecified atom stereocenters. The first-order valence-electron chi connectivity index (χ1n) is 11.4. The number of rotatable bonds is 7. The Labute approximate surface area is 185 Å². The number of amides is 1. The van der Waals surface area contributed by atoms with Crippen LogP contribution in [0.5, 0.6) is 0 Å². The molecule has 3 saturated heterocycles. The monoisotopic (exact) mass is 425 g/mol. The van der Waals surface area contributed by atoms with Crippen LogP contribution in [0.2, 0.25) is 0 Å². The third kappa shape index (κ3) is 4.99. The molecule has 168 valence electrons. The molecule has 2 bridgehead atoms. The van der Waals surface area contributed by atoms with E-state index in [-0.39, 0.29) is 17.2 Å². The highest BCUT2D eigenvalue weighted by Gasteiger charge is 2.43. The van der Waals surface area contributed by atoms with Gasteiger partial charge in [0.15, 0.2) is 0 Å². The number of carbonyl (C=O) groups excluding carboxylic acids is 1. The first-order valence-corrected chi connectivity index (χ1v) is 11.4. The van der Waals surface area contributed by atoms with Gasteiger partial charge in [0, 0.05) is 31.8 Å². The van der Waals surface area contributed by atoms with Crippen molar-refractivity contribution >= 4 is 5.91 Å². The molecule has 1 aromatic carbocycles. The number of piperidine rings is 3. The smallest absolute Gasteiger partial charge is 0.224 e. The van der Waals surface area contributed by atoms with E-state index >= 15 is 0 Å². The van der Waals surface area contributed by atoms with Crippen molar-refractivity contribution in [2.45, 2.75) is 51.6 Å². The average molecular weight is 426 g/mol. The molecule has 7 heteroatoms. The Hall–Kier alpha value is -2.25. The highest BCUT2D eigenvalue weighted by Crippen LogP contribution is 2.37. The van der Waals surface area contributed by atoms with E-state index in [2.05, 4.69) is 65.6 Å². The Morgan fingerprint density at radius 2 is 2.03 bits per heavy atom. The Morgan fingerprint density at radius 1 is 1.26 bits per heavy atom. The van der Waals surface area contributed by atoms with Gasteiger partial charge in [-0.1, -0.05) is 50.3 Å². The summed E-state index contributed by atoms with van der Waals surface area (Å²) in [6.07, 6.45) is 4.18. The molecule has 0 saturated carbocycles. The summed E-state index contributed by atoms with van der Waals surface area (Å²) in [6, 6.07) is 9.04. The summed E-state index contributed by atoms with van der Waals surface area (Å²) in [5, 5.41) is 11.8. The molecular formula is C24H35N5O2. The van der Waals surface area contributed by atoms with Crippen molar-refractivity contribution in [3.8, 4) is 11.3 Å². The van der Waals surface area contributed by atoms with Gasteiger partial charge in [0.1, 0.15) is 5.69 Å². The Bertz CT molecular complexity index is 886. The van der Waals surface area contributed by atoms with Gasteiger partial charge in [0.05, 0.1) is 25.3 Å².